The normalized spacial score (nSPS) is 10.3. The zero-order valence-corrected chi connectivity index (χ0v) is 12.9. The van der Waals surface area contributed by atoms with E-state index in [4.69, 9.17) is 4.74 Å². The predicted octanol–water partition coefficient (Wildman–Crippen LogP) is 5.47. The quantitative estimate of drug-likeness (QED) is 0.631. The Morgan fingerprint density at radius 2 is 1.32 bits per heavy atom. The summed E-state index contributed by atoms with van der Waals surface area (Å²) in [6.45, 7) is 2.10. The summed E-state index contributed by atoms with van der Waals surface area (Å²) >= 11 is 0. The summed E-state index contributed by atoms with van der Waals surface area (Å²) in [4.78, 5) is 2.22. The third-order valence-corrected chi connectivity index (χ3v) is 3.62. The number of methoxy groups -OCH3 is 1. The van der Waals surface area contributed by atoms with Crippen molar-refractivity contribution < 1.29 is 4.74 Å². The molecule has 0 saturated heterocycles. The fraction of sp³-hybridized carbons (Fsp3) is 0.100. The molecular weight excluding hydrogens is 270 g/mol. The van der Waals surface area contributed by atoms with Gasteiger partial charge in [-0.15, -0.1) is 0 Å². The van der Waals surface area contributed by atoms with Gasteiger partial charge in [-0.1, -0.05) is 42.0 Å². The predicted molar refractivity (Wildman–Crippen MR) is 92.4 cm³/mol. The van der Waals surface area contributed by atoms with Gasteiger partial charge in [-0.05, 0) is 43.3 Å². The van der Waals surface area contributed by atoms with Crippen LogP contribution in [0.5, 0.6) is 5.75 Å². The fourth-order valence-corrected chi connectivity index (χ4v) is 2.47. The highest BCUT2D eigenvalue weighted by Gasteiger charge is 2.12. The summed E-state index contributed by atoms with van der Waals surface area (Å²) in [6.07, 6.45) is 0. The van der Waals surface area contributed by atoms with Crippen LogP contribution in [-0.2, 0) is 0 Å². The van der Waals surface area contributed by atoms with Crippen LogP contribution in [0.15, 0.2) is 78.9 Å². The topological polar surface area (TPSA) is 12.5 Å². The van der Waals surface area contributed by atoms with Gasteiger partial charge in [0.2, 0.25) is 0 Å². The molecule has 0 aromatic heterocycles. The second-order valence-corrected chi connectivity index (χ2v) is 5.21. The fourth-order valence-electron chi connectivity index (χ4n) is 2.47. The minimum Gasteiger partial charge on any atom is -0.497 e. The van der Waals surface area contributed by atoms with E-state index in [1.54, 1.807) is 7.11 Å². The SMILES string of the molecule is COc1cccc(N(c2ccccc2)c2ccc(C)cc2)c1. The average molecular weight is 289 g/mol. The summed E-state index contributed by atoms with van der Waals surface area (Å²) in [6, 6.07) is 27.0. The number of ether oxygens (including phenoxy) is 1. The first kappa shape index (κ1) is 14.2. The van der Waals surface area contributed by atoms with Gasteiger partial charge in [0.25, 0.3) is 0 Å². The first-order valence-corrected chi connectivity index (χ1v) is 7.34. The maximum atomic E-state index is 5.37. The number of benzene rings is 3. The monoisotopic (exact) mass is 289 g/mol. The van der Waals surface area contributed by atoms with E-state index in [9.17, 15) is 0 Å². The Kier molecular flexibility index (Phi) is 4.10. The molecule has 2 heteroatoms. The number of aryl methyl sites for hydroxylation is 1. The second-order valence-electron chi connectivity index (χ2n) is 5.21. The first-order valence-electron chi connectivity index (χ1n) is 7.34. The van der Waals surface area contributed by atoms with Crippen LogP contribution >= 0.6 is 0 Å². The summed E-state index contributed by atoms with van der Waals surface area (Å²) in [5, 5.41) is 0. The Morgan fingerprint density at radius 3 is 2.00 bits per heavy atom. The number of para-hydroxylation sites is 1. The molecule has 0 fully saturated rings. The van der Waals surface area contributed by atoms with E-state index >= 15 is 0 Å². The largest absolute Gasteiger partial charge is 0.497 e. The van der Waals surface area contributed by atoms with Crippen molar-refractivity contribution in [3.63, 3.8) is 0 Å². The molecule has 110 valence electrons. The van der Waals surface area contributed by atoms with Crippen LogP contribution < -0.4 is 9.64 Å². The molecule has 3 aromatic carbocycles. The van der Waals surface area contributed by atoms with Crippen LogP contribution in [0.4, 0.5) is 17.1 Å². The molecule has 0 unspecified atom stereocenters. The molecule has 0 N–H and O–H groups in total. The van der Waals surface area contributed by atoms with Crippen LogP contribution in [0.1, 0.15) is 5.56 Å². The Balaban J connectivity index is 2.12. The van der Waals surface area contributed by atoms with Gasteiger partial charge in [0.15, 0.2) is 0 Å². The summed E-state index contributed by atoms with van der Waals surface area (Å²) < 4.78 is 5.37. The van der Waals surface area contributed by atoms with Crippen molar-refractivity contribution in [1.82, 2.24) is 0 Å². The number of hydrogen-bond acceptors (Lipinski definition) is 2. The van der Waals surface area contributed by atoms with Crippen molar-refractivity contribution in [2.24, 2.45) is 0 Å². The van der Waals surface area contributed by atoms with Crippen LogP contribution in [-0.4, -0.2) is 7.11 Å². The van der Waals surface area contributed by atoms with Crippen LogP contribution in [0.3, 0.4) is 0 Å². The zero-order valence-electron chi connectivity index (χ0n) is 12.9. The lowest BCUT2D eigenvalue weighted by molar-refractivity contribution is 0.415. The minimum absolute atomic E-state index is 0.852. The smallest absolute Gasteiger partial charge is 0.120 e. The highest BCUT2D eigenvalue weighted by Crippen LogP contribution is 2.35. The minimum atomic E-state index is 0.852. The number of nitrogens with zero attached hydrogens (tertiary/aromatic N) is 1. The molecule has 0 saturated carbocycles. The van der Waals surface area contributed by atoms with E-state index in [1.165, 1.54) is 5.56 Å². The Bertz CT molecular complexity index is 735. The second kappa shape index (κ2) is 6.35. The van der Waals surface area contributed by atoms with E-state index < -0.39 is 0 Å². The van der Waals surface area contributed by atoms with Crippen molar-refractivity contribution in [2.45, 2.75) is 6.92 Å². The molecule has 3 aromatic rings. The van der Waals surface area contributed by atoms with Gasteiger partial charge < -0.3 is 9.64 Å². The number of hydrogen-bond donors (Lipinski definition) is 0. The molecule has 0 aliphatic carbocycles. The third-order valence-electron chi connectivity index (χ3n) is 3.62. The van der Waals surface area contributed by atoms with Crippen molar-refractivity contribution in [2.75, 3.05) is 12.0 Å². The van der Waals surface area contributed by atoms with Gasteiger partial charge in [0, 0.05) is 23.1 Å². The molecule has 22 heavy (non-hydrogen) atoms. The third kappa shape index (κ3) is 2.96. The Hall–Kier alpha value is -2.74. The van der Waals surface area contributed by atoms with Crippen molar-refractivity contribution in [3.8, 4) is 5.75 Å². The van der Waals surface area contributed by atoms with Gasteiger partial charge in [-0.2, -0.15) is 0 Å². The van der Waals surface area contributed by atoms with E-state index in [2.05, 4.69) is 66.4 Å². The molecule has 0 aliphatic rings. The lowest BCUT2D eigenvalue weighted by Gasteiger charge is -2.25. The molecule has 0 radical (unpaired) electrons. The molecule has 3 rings (SSSR count). The number of anilines is 3. The van der Waals surface area contributed by atoms with Gasteiger partial charge in [0.1, 0.15) is 5.75 Å². The lowest BCUT2D eigenvalue weighted by atomic mass is 10.1. The molecule has 0 heterocycles. The zero-order chi connectivity index (χ0) is 15.4. The van der Waals surface area contributed by atoms with E-state index in [-0.39, 0.29) is 0 Å². The van der Waals surface area contributed by atoms with Crippen molar-refractivity contribution in [1.29, 1.82) is 0 Å². The molecule has 0 bridgehead atoms. The van der Waals surface area contributed by atoms with Crippen LogP contribution in [0, 0.1) is 6.92 Å². The van der Waals surface area contributed by atoms with Crippen LogP contribution in [0.2, 0.25) is 0 Å². The molecule has 0 aliphatic heterocycles. The maximum Gasteiger partial charge on any atom is 0.120 e. The average Bonchev–Trinajstić information content (AvgIpc) is 2.58. The number of rotatable bonds is 4. The van der Waals surface area contributed by atoms with Crippen molar-refractivity contribution in [3.05, 3.63) is 84.4 Å². The summed E-state index contributed by atoms with van der Waals surface area (Å²) in [5.74, 6) is 0.852. The molecule has 0 atom stereocenters. The van der Waals surface area contributed by atoms with E-state index in [0.29, 0.717) is 0 Å². The van der Waals surface area contributed by atoms with E-state index in [0.717, 1.165) is 22.8 Å². The molecule has 0 amide bonds. The highest BCUT2D eigenvalue weighted by atomic mass is 16.5. The highest BCUT2D eigenvalue weighted by molar-refractivity contribution is 5.77. The summed E-state index contributed by atoms with van der Waals surface area (Å²) in [7, 11) is 1.69. The van der Waals surface area contributed by atoms with Gasteiger partial charge in [-0.25, -0.2) is 0 Å². The Morgan fingerprint density at radius 1 is 0.682 bits per heavy atom. The maximum absolute atomic E-state index is 5.37. The lowest BCUT2D eigenvalue weighted by Crippen LogP contribution is -2.09. The van der Waals surface area contributed by atoms with Gasteiger partial charge >= 0.3 is 0 Å². The first-order chi connectivity index (χ1) is 10.8. The van der Waals surface area contributed by atoms with Crippen LogP contribution in [0.25, 0.3) is 0 Å². The standard InChI is InChI=1S/C20H19NO/c1-16-11-13-18(14-12-16)21(17-7-4-3-5-8-17)19-9-6-10-20(15-19)22-2/h3-15H,1-2H3. The van der Waals surface area contributed by atoms with Gasteiger partial charge in [-0.3, -0.25) is 0 Å². The van der Waals surface area contributed by atoms with E-state index in [1.807, 2.05) is 24.3 Å². The Labute approximate surface area is 131 Å². The molecular formula is C20H19NO. The molecule has 2 nitrogen and oxygen atoms in total. The molecule has 0 spiro atoms. The van der Waals surface area contributed by atoms with Gasteiger partial charge in [0.05, 0.1) is 7.11 Å². The summed E-state index contributed by atoms with van der Waals surface area (Å²) in [5.41, 5.74) is 4.58. The van der Waals surface area contributed by atoms with Crippen molar-refractivity contribution >= 4 is 17.1 Å².